The maximum Gasteiger partial charge on any atom is 0.387 e. The van der Waals surface area contributed by atoms with Crippen LogP contribution < -0.4 is 9.47 Å². The highest BCUT2D eigenvalue weighted by Gasteiger charge is 2.28. The topological polar surface area (TPSA) is 59.1 Å². The standard InChI is InChI=1S/C21H21ClF2N2O4/c1-29-17-4-2-3-16(19(17)30-21(23)24)20(28)26-11-9-25(10-12-26)18(27)13-14-5-7-15(22)8-6-14/h2-8,21H,9-13H2,1H3. The number of alkyl halides is 2. The molecule has 1 saturated heterocycles. The molecule has 0 N–H and O–H groups in total. The molecule has 0 spiro atoms. The van der Waals surface area contributed by atoms with Crippen molar-refractivity contribution >= 4 is 23.4 Å². The third-order valence-electron chi connectivity index (χ3n) is 4.82. The minimum Gasteiger partial charge on any atom is -0.493 e. The molecule has 0 atom stereocenters. The predicted molar refractivity (Wildman–Crippen MR) is 107 cm³/mol. The number of para-hydroxylation sites is 1. The van der Waals surface area contributed by atoms with Gasteiger partial charge in [0.2, 0.25) is 5.91 Å². The van der Waals surface area contributed by atoms with Gasteiger partial charge in [-0.2, -0.15) is 8.78 Å². The molecule has 30 heavy (non-hydrogen) atoms. The number of ether oxygens (including phenoxy) is 2. The van der Waals surface area contributed by atoms with Crippen molar-refractivity contribution in [2.45, 2.75) is 13.0 Å². The van der Waals surface area contributed by atoms with Gasteiger partial charge in [0.1, 0.15) is 0 Å². The van der Waals surface area contributed by atoms with Gasteiger partial charge in [0.25, 0.3) is 5.91 Å². The molecule has 0 radical (unpaired) electrons. The third kappa shape index (κ3) is 5.18. The number of methoxy groups -OCH3 is 1. The summed E-state index contributed by atoms with van der Waals surface area (Å²) in [6.45, 7) is -1.80. The molecule has 1 aliphatic rings. The van der Waals surface area contributed by atoms with Crippen LogP contribution in [0.5, 0.6) is 11.5 Å². The first-order valence-corrected chi connectivity index (χ1v) is 9.70. The van der Waals surface area contributed by atoms with Crippen molar-refractivity contribution in [2.24, 2.45) is 0 Å². The first-order chi connectivity index (χ1) is 14.4. The van der Waals surface area contributed by atoms with Crippen LogP contribution >= 0.6 is 11.6 Å². The molecule has 2 amide bonds. The highest BCUT2D eigenvalue weighted by atomic mass is 35.5. The monoisotopic (exact) mass is 438 g/mol. The van der Waals surface area contributed by atoms with Crippen LogP contribution in [0.25, 0.3) is 0 Å². The molecule has 3 rings (SSSR count). The Morgan fingerprint density at radius 3 is 2.27 bits per heavy atom. The van der Waals surface area contributed by atoms with E-state index in [1.165, 1.54) is 30.2 Å². The second kappa shape index (κ2) is 9.75. The molecule has 160 valence electrons. The highest BCUT2D eigenvalue weighted by Crippen LogP contribution is 2.33. The van der Waals surface area contributed by atoms with Crippen LogP contribution in [0.4, 0.5) is 8.78 Å². The average Bonchev–Trinajstić information content (AvgIpc) is 2.74. The van der Waals surface area contributed by atoms with Gasteiger partial charge in [-0.3, -0.25) is 9.59 Å². The number of piperazine rings is 1. The van der Waals surface area contributed by atoms with Crippen molar-refractivity contribution in [2.75, 3.05) is 33.3 Å². The van der Waals surface area contributed by atoms with Gasteiger partial charge in [0, 0.05) is 31.2 Å². The summed E-state index contributed by atoms with van der Waals surface area (Å²) in [5.41, 5.74) is 0.851. The van der Waals surface area contributed by atoms with Crippen molar-refractivity contribution in [3.8, 4) is 11.5 Å². The smallest absolute Gasteiger partial charge is 0.387 e. The molecule has 0 unspecified atom stereocenters. The molecule has 0 aromatic heterocycles. The number of nitrogens with zero attached hydrogens (tertiary/aromatic N) is 2. The van der Waals surface area contributed by atoms with Gasteiger partial charge in [0.15, 0.2) is 11.5 Å². The first-order valence-electron chi connectivity index (χ1n) is 9.32. The van der Waals surface area contributed by atoms with Crippen molar-refractivity contribution < 1.29 is 27.8 Å². The van der Waals surface area contributed by atoms with Gasteiger partial charge in [-0.25, -0.2) is 0 Å². The van der Waals surface area contributed by atoms with Crippen molar-refractivity contribution in [3.63, 3.8) is 0 Å². The lowest BCUT2D eigenvalue weighted by Gasteiger charge is -2.35. The largest absolute Gasteiger partial charge is 0.493 e. The Labute approximate surface area is 177 Å². The van der Waals surface area contributed by atoms with E-state index in [-0.39, 0.29) is 42.5 Å². The van der Waals surface area contributed by atoms with Gasteiger partial charge in [-0.05, 0) is 29.8 Å². The Kier molecular flexibility index (Phi) is 7.10. The lowest BCUT2D eigenvalue weighted by atomic mass is 10.1. The van der Waals surface area contributed by atoms with E-state index in [0.29, 0.717) is 18.1 Å². The van der Waals surface area contributed by atoms with Crippen LogP contribution in [0.3, 0.4) is 0 Å². The van der Waals surface area contributed by atoms with Crippen LogP contribution in [-0.2, 0) is 11.2 Å². The Morgan fingerprint density at radius 2 is 1.67 bits per heavy atom. The molecule has 0 saturated carbocycles. The van der Waals surface area contributed by atoms with Crippen molar-refractivity contribution in [1.82, 2.24) is 9.80 Å². The van der Waals surface area contributed by atoms with Gasteiger partial charge in [0.05, 0.1) is 19.1 Å². The summed E-state index contributed by atoms with van der Waals surface area (Å²) in [5, 5.41) is 0.603. The maximum absolute atomic E-state index is 12.9. The second-order valence-corrected chi connectivity index (χ2v) is 7.13. The number of benzene rings is 2. The molecule has 0 bridgehead atoms. The summed E-state index contributed by atoms with van der Waals surface area (Å²) < 4.78 is 35.2. The Bertz CT molecular complexity index is 900. The fourth-order valence-electron chi connectivity index (χ4n) is 3.27. The quantitative estimate of drug-likeness (QED) is 0.693. The minimum absolute atomic E-state index is 0.00408. The zero-order valence-corrected chi connectivity index (χ0v) is 17.1. The van der Waals surface area contributed by atoms with E-state index in [9.17, 15) is 18.4 Å². The number of rotatable bonds is 6. The molecular formula is C21H21ClF2N2O4. The van der Waals surface area contributed by atoms with Gasteiger partial charge < -0.3 is 19.3 Å². The number of hydrogen-bond acceptors (Lipinski definition) is 4. The van der Waals surface area contributed by atoms with Crippen LogP contribution in [0.2, 0.25) is 5.02 Å². The Hall–Kier alpha value is -2.87. The molecule has 6 nitrogen and oxygen atoms in total. The molecule has 1 aliphatic heterocycles. The van der Waals surface area contributed by atoms with E-state index in [2.05, 4.69) is 4.74 Å². The maximum atomic E-state index is 12.9. The van der Waals surface area contributed by atoms with E-state index in [1.807, 2.05) is 0 Å². The van der Waals surface area contributed by atoms with E-state index < -0.39 is 12.5 Å². The lowest BCUT2D eigenvalue weighted by molar-refractivity contribution is -0.131. The van der Waals surface area contributed by atoms with Crippen molar-refractivity contribution in [1.29, 1.82) is 0 Å². The number of hydrogen-bond donors (Lipinski definition) is 0. The SMILES string of the molecule is COc1cccc(C(=O)N2CCN(C(=O)Cc3ccc(Cl)cc3)CC2)c1OC(F)F. The third-order valence-corrected chi connectivity index (χ3v) is 5.08. The molecular weight excluding hydrogens is 418 g/mol. The average molecular weight is 439 g/mol. The van der Waals surface area contributed by atoms with Gasteiger partial charge in [-0.15, -0.1) is 0 Å². The predicted octanol–water partition coefficient (Wildman–Crippen LogP) is 3.48. The molecule has 1 heterocycles. The highest BCUT2D eigenvalue weighted by molar-refractivity contribution is 6.30. The zero-order chi connectivity index (χ0) is 21.7. The van der Waals surface area contributed by atoms with Crippen LogP contribution in [0.15, 0.2) is 42.5 Å². The number of carbonyl (C=O) groups excluding carboxylic acids is 2. The van der Waals surface area contributed by atoms with Crippen LogP contribution in [0.1, 0.15) is 15.9 Å². The summed E-state index contributed by atoms with van der Waals surface area (Å²) in [4.78, 5) is 28.6. The van der Waals surface area contributed by atoms with Gasteiger partial charge >= 0.3 is 6.61 Å². The molecule has 0 aliphatic carbocycles. The summed E-state index contributed by atoms with van der Waals surface area (Å²) in [7, 11) is 1.31. The molecule has 9 heteroatoms. The summed E-state index contributed by atoms with van der Waals surface area (Å²) in [6, 6.07) is 11.5. The number of carbonyl (C=O) groups is 2. The first kappa shape index (κ1) is 21.8. The fourth-order valence-corrected chi connectivity index (χ4v) is 3.40. The lowest BCUT2D eigenvalue weighted by Crippen LogP contribution is -2.51. The number of halogens is 3. The van der Waals surface area contributed by atoms with Crippen molar-refractivity contribution in [3.05, 3.63) is 58.6 Å². The van der Waals surface area contributed by atoms with E-state index >= 15 is 0 Å². The summed E-state index contributed by atoms with van der Waals surface area (Å²) >= 11 is 5.86. The van der Waals surface area contributed by atoms with E-state index in [1.54, 1.807) is 29.2 Å². The molecule has 2 aromatic carbocycles. The minimum atomic E-state index is -3.09. The Morgan fingerprint density at radius 1 is 1.03 bits per heavy atom. The summed E-state index contributed by atoms with van der Waals surface area (Å²) in [6.07, 6.45) is 0.243. The normalized spacial score (nSPS) is 14.0. The summed E-state index contributed by atoms with van der Waals surface area (Å²) in [5.74, 6) is -0.735. The second-order valence-electron chi connectivity index (χ2n) is 6.69. The van der Waals surface area contributed by atoms with E-state index in [4.69, 9.17) is 16.3 Å². The van der Waals surface area contributed by atoms with Crippen LogP contribution in [-0.4, -0.2) is 61.5 Å². The molecule has 1 fully saturated rings. The van der Waals surface area contributed by atoms with E-state index in [0.717, 1.165) is 5.56 Å². The number of amides is 2. The molecule has 2 aromatic rings. The van der Waals surface area contributed by atoms with Crippen LogP contribution in [0, 0.1) is 0 Å². The zero-order valence-electron chi connectivity index (χ0n) is 16.3. The fraction of sp³-hybridized carbons (Fsp3) is 0.333. The Balaban J connectivity index is 1.64. The van der Waals surface area contributed by atoms with Gasteiger partial charge in [-0.1, -0.05) is 29.8 Å².